The lowest BCUT2D eigenvalue weighted by molar-refractivity contribution is 0.246. The van der Waals surface area contributed by atoms with Crippen LogP contribution < -0.4 is 5.73 Å². The molecule has 5 nitrogen and oxygen atoms in total. The normalized spacial score (nSPS) is 11.2. The average Bonchev–Trinajstić information content (AvgIpc) is 2.78. The predicted molar refractivity (Wildman–Crippen MR) is 80.0 cm³/mol. The van der Waals surface area contributed by atoms with Gasteiger partial charge in [0, 0.05) is 20.1 Å². The van der Waals surface area contributed by atoms with Gasteiger partial charge in [-0.25, -0.2) is 0 Å². The molecule has 0 unspecified atom stereocenters. The quantitative estimate of drug-likeness (QED) is 0.830. The van der Waals surface area contributed by atoms with Crippen LogP contribution in [0.3, 0.4) is 0 Å². The van der Waals surface area contributed by atoms with Gasteiger partial charge in [-0.3, -0.25) is 4.90 Å². The third-order valence-corrected chi connectivity index (χ3v) is 3.48. The molecule has 0 saturated heterocycles. The molecule has 0 bridgehead atoms. The van der Waals surface area contributed by atoms with E-state index in [4.69, 9.17) is 5.73 Å². The van der Waals surface area contributed by atoms with Gasteiger partial charge in [0.25, 0.3) is 0 Å². The summed E-state index contributed by atoms with van der Waals surface area (Å²) in [7, 11) is 2.01. The Bertz CT molecular complexity index is 520. The average molecular weight is 273 g/mol. The predicted octanol–water partition coefficient (Wildman–Crippen LogP) is 1.47. The highest BCUT2D eigenvalue weighted by Gasteiger charge is 2.11. The van der Waals surface area contributed by atoms with Gasteiger partial charge < -0.3 is 10.3 Å². The number of rotatable bonds is 7. The monoisotopic (exact) mass is 273 g/mol. The molecule has 0 saturated carbocycles. The molecule has 0 spiro atoms. The van der Waals surface area contributed by atoms with Crippen LogP contribution in [0.4, 0.5) is 0 Å². The van der Waals surface area contributed by atoms with Crippen molar-refractivity contribution in [1.82, 2.24) is 19.7 Å². The molecule has 1 aromatic heterocycles. The molecule has 108 valence electrons. The Hall–Kier alpha value is -1.72. The Morgan fingerprint density at radius 3 is 2.50 bits per heavy atom. The van der Waals surface area contributed by atoms with E-state index in [0.29, 0.717) is 6.54 Å². The highest BCUT2D eigenvalue weighted by atomic mass is 15.3. The van der Waals surface area contributed by atoms with Crippen molar-refractivity contribution in [3.8, 4) is 0 Å². The van der Waals surface area contributed by atoms with Gasteiger partial charge in [0.05, 0.1) is 6.54 Å². The molecule has 5 heteroatoms. The van der Waals surface area contributed by atoms with Crippen LogP contribution in [0.2, 0.25) is 0 Å². The smallest absolute Gasteiger partial charge is 0.146 e. The molecule has 0 atom stereocenters. The van der Waals surface area contributed by atoms with E-state index in [1.54, 1.807) is 0 Å². The number of hydrogen-bond acceptors (Lipinski definition) is 4. The first-order valence-electron chi connectivity index (χ1n) is 7.02. The summed E-state index contributed by atoms with van der Waals surface area (Å²) in [6, 6.07) is 10.5. The second-order valence-electron chi connectivity index (χ2n) is 5.06. The number of hydrogen-bond donors (Lipinski definition) is 1. The highest BCUT2D eigenvalue weighted by molar-refractivity contribution is 5.14. The molecular formula is C15H23N5. The summed E-state index contributed by atoms with van der Waals surface area (Å²) in [6.07, 6.45) is 0.990. The Morgan fingerprint density at radius 1 is 1.15 bits per heavy atom. The Morgan fingerprint density at radius 2 is 1.90 bits per heavy atom. The lowest BCUT2D eigenvalue weighted by atomic mass is 10.2. The lowest BCUT2D eigenvalue weighted by Gasteiger charge is -2.21. The second kappa shape index (κ2) is 7.17. The van der Waals surface area contributed by atoms with Gasteiger partial charge >= 0.3 is 0 Å². The second-order valence-corrected chi connectivity index (χ2v) is 5.06. The minimum Gasteiger partial charge on any atom is -0.330 e. The summed E-state index contributed by atoms with van der Waals surface area (Å²) in [5.74, 6) is 1.94. The zero-order valence-electron chi connectivity index (χ0n) is 12.3. The number of benzene rings is 1. The number of aryl methyl sites for hydroxylation is 1. The molecule has 1 aromatic carbocycles. The fourth-order valence-corrected chi connectivity index (χ4v) is 2.16. The minimum atomic E-state index is 0.711. The highest BCUT2D eigenvalue weighted by Crippen LogP contribution is 2.09. The van der Waals surface area contributed by atoms with Crippen molar-refractivity contribution in [1.29, 1.82) is 0 Å². The summed E-state index contributed by atoms with van der Waals surface area (Å²) in [6.45, 7) is 5.36. The van der Waals surface area contributed by atoms with Crippen molar-refractivity contribution in [3.63, 3.8) is 0 Å². The Balaban J connectivity index is 2.05. The molecule has 2 aromatic rings. The lowest BCUT2D eigenvalue weighted by Crippen LogP contribution is -2.27. The molecule has 0 fully saturated rings. The topological polar surface area (TPSA) is 60.0 Å². The van der Waals surface area contributed by atoms with E-state index < -0.39 is 0 Å². The van der Waals surface area contributed by atoms with Crippen LogP contribution in [-0.2, 0) is 20.1 Å². The van der Waals surface area contributed by atoms with Crippen LogP contribution in [-0.4, -0.2) is 32.8 Å². The van der Waals surface area contributed by atoms with Crippen molar-refractivity contribution in [3.05, 3.63) is 47.5 Å². The van der Waals surface area contributed by atoms with Crippen molar-refractivity contribution in [2.24, 2.45) is 12.8 Å². The van der Waals surface area contributed by atoms with Crippen LogP contribution in [0.5, 0.6) is 0 Å². The minimum absolute atomic E-state index is 0.711. The van der Waals surface area contributed by atoms with Gasteiger partial charge in [0.1, 0.15) is 11.6 Å². The van der Waals surface area contributed by atoms with E-state index in [-0.39, 0.29) is 0 Å². The van der Waals surface area contributed by atoms with Crippen molar-refractivity contribution < 1.29 is 0 Å². The van der Waals surface area contributed by atoms with Crippen molar-refractivity contribution >= 4 is 0 Å². The first-order valence-corrected chi connectivity index (χ1v) is 7.02. The molecule has 2 N–H and O–H groups in total. The molecule has 0 amide bonds. The van der Waals surface area contributed by atoms with Crippen LogP contribution in [0.25, 0.3) is 0 Å². The number of nitrogens with two attached hydrogens (primary N) is 1. The molecule has 0 aliphatic heterocycles. The molecular weight excluding hydrogens is 250 g/mol. The largest absolute Gasteiger partial charge is 0.330 e. The molecule has 2 rings (SSSR count). The van der Waals surface area contributed by atoms with Crippen LogP contribution in [0.1, 0.15) is 23.6 Å². The fourth-order valence-electron chi connectivity index (χ4n) is 2.16. The molecule has 0 aliphatic rings. The SMILES string of the molecule is Cc1nnc(CN(CCCN)Cc2ccccc2)n1C. The first-order chi connectivity index (χ1) is 9.70. The fraction of sp³-hybridized carbons (Fsp3) is 0.467. The van der Waals surface area contributed by atoms with Crippen LogP contribution in [0.15, 0.2) is 30.3 Å². The number of aromatic nitrogens is 3. The van der Waals surface area contributed by atoms with Crippen molar-refractivity contribution in [2.75, 3.05) is 13.1 Å². The molecule has 0 aliphatic carbocycles. The third kappa shape index (κ3) is 3.88. The van der Waals surface area contributed by atoms with Gasteiger partial charge in [0.15, 0.2) is 0 Å². The summed E-state index contributed by atoms with van der Waals surface area (Å²) in [5.41, 5.74) is 6.95. The van der Waals surface area contributed by atoms with E-state index in [1.807, 2.05) is 24.6 Å². The van der Waals surface area contributed by atoms with Crippen LogP contribution >= 0.6 is 0 Å². The summed E-state index contributed by atoms with van der Waals surface area (Å²) < 4.78 is 2.04. The van der Waals surface area contributed by atoms with E-state index in [9.17, 15) is 0 Å². The van der Waals surface area contributed by atoms with E-state index >= 15 is 0 Å². The van der Waals surface area contributed by atoms with Gasteiger partial charge in [-0.05, 0) is 25.5 Å². The van der Waals surface area contributed by atoms with E-state index in [2.05, 4.69) is 39.4 Å². The maximum atomic E-state index is 5.64. The molecule has 1 heterocycles. The molecule has 0 radical (unpaired) electrons. The summed E-state index contributed by atoms with van der Waals surface area (Å²) in [4.78, 5) is 2.37. The standard InChI is InChI=1S/C15H23N5/c1-13-17-18-15(19(13)2)12-20(10-6-9-16)11-14-7-4-3-5-8-14/h3-5,7-8H,6,9-12,16H2,1-2H3. The maximum Gasteiger partial charge on any atom is 0.146 e. The van der Waals surface area contributed by atoms with Gasteiger partial charge in [-0.15, -0.1) is 10.2 Å². The van der Waals surface area contributed by atoms with Gasteiger partial charge in [-0.1, -0.05) is 30.3 Å². The maximum absolute atomic E-state index is 5.64. The summed E-state index contributed by atoms with van der Waals surface area (Å²) in [5, 5.41) is 8.36. The zero-order valence-corrected chi connectivity index (χ0v) is 12.3. The van der Waals surface area contributed by atoms with Crippen LogP contribution in [0, 0.1) is 6.92 Å². The Kier molecular flexibility index (Phi) is 5.26. The van der Waals surface area contributed by atoms with Gasteiger partial charge in [-0.2, -0.15) is 0 Å². The Labute approximate surface area is 120 Å². The van der Waals surface area contributed by atoms with Crippen molar-refractivity contribution in [2.45, 2.75) is 26.4 Å². The van der Waals surface area contributed by atoms with Gasteiger partial charge in [0.2, 0.25) is 0 Å². The zero-order chi connectivity index (χ0) is 14.4. The third-order valence-electron chi connectivity index (χ3n) is 3.48. The summed E-state index contributed by atoms with van der Waals surface area (Å²) >= 11 is 0. The first kappa shape index (κ1) is 14.7. The van der Waals surface area contributed by atoms with E-state index in [0.717, 1.165) is 37.7 Å². The van der Waals surface area contributed by atoms with E-state index in [1.165, 1.54) is 5.56 Å². The molecule has 20 heavy (non-hydrogen) atoms. The number of nitrogens with zero attached hydrogens (tertiary/aromatic N) is 4.